The molecule has 0 N–H and O–H groups in total. The molecule has 0 atom stereocenters. The number of ether oxygens (including phenoxy) is 1. The fourth-order valence-electron chi connectivity index (χ4n) is 1.66. The molecule has 20 heavy (non-hydrogen) atoms. The van der Waals surface area contributed by atoms with Gasteiger partial charge < -0.3 is 4.74 Å². The summed E-state index contributed by atoms with van der Waals surface area (Å²) in [5, 5.41) is 0.257. The van der Waals surface area contributed by atoms with Crippen LogP contribution in [0, 0.1) is 5.82 Å². The van der Waals surface area contributed by atoms with Crippen molar-refractivity contribution >= 4 is 51.9 Å². The molecule has 0 unspecified atom stereocenters. The van der Waals surface area contributed by atoms with E-state index in [-0.39, 0.29) is 16.5 Å². The largest absolute Gasteiger partial charge is 0.383 e. The van der Waals surface area contributed by atoms with Crippen molar-refractivity contribution in [2.75, 3.05) is 20.3 Å². The summed E-state index contributed by atoms with van der Waals surface area (Å²) in [5.74, 6) is -0.726. The number of thioether (sulfide) groups is 1. The van der Waals surface area contributed by atoms with E-state index in [4.69, 9.17) is 28.6 Å². The van der Waals surface area contributed by atoms with Crippen LogP contribution >= 0.6 is 35.6 Å². The van der Waals surface area contributed by atoms with Crippen molar-refractivity contribution < 1.29 is 13.9 Å². The minimum atomic E-state index is -0.473. The second-order valence-electron chi connectivity index (χ2n) is 3.96. The first kappa shape index (κ1) is 15.4. The highest BCUT2D eigenvalue weighted by Gasteiger charge is 2.31. The Bertz CT molecular complexity index is 571. The molecule has 1 fully saturated rings. The molecule has 0 radical (unpaired) electrons. The summed E-state index contributed by atoms with van der Waals surface area (Å²) in [5.41, 5.74) is 0.196. The molecule has 2 rings (SSSR count). The Kier molecular flexibility index (Phi) is 5.15. The number of thiocarbonyl (C=S) groups is 1. The summed E-state index contributed by atoms with van der Waals surface area (Å²) in [4.78, 5) is 14.0. The Morgan fingerprint density at radius 3 is 2.95 bits per heavy atom. The monoisotopic (exact) mass is 331 g/mol. The van der Waals surface area contributed by atoms with Crippen LogP contribution in [0.3, 0.4) is 0 Å². The normalized spacial score (nSPS) is 17.4. The first-order chi connectivity index (χ1) is 9.54. The van der Waals surface area contributed by atoms with Gasteiger partial charge in [0.25, 0.3) is 5.91 Å². The number of amides is 1. The quantitative estimate of drug-likeness (QED) is 0.625. The van der Waals surface area contributed by atoms with Crippen LogP contribution < -0.4 is 0 Å². The summed E-state index contributed by atoms with van der Waals surface area (Å²) < 4.78 is 19.1. The molecule has 3 nitrogen and oxygen atoms in total. The highest BCUT2D eigenvalue weighted by Crippen LogP contribution is 2.34. The van der Waals surface area contributed by atoms with Gasteiger partial charge in [0.2, 0.25) is 0 Å². The van der Waals surface area contributed by atoms with Gasteiger partial charge in [0.05, 0.1) is 23.1 Å². The van der Waals surface area contributed by atoms with Gasteiger partial charge in [-0.05, 0) is 18.2 Å². The third-order valence-electron chi connectivity index (χ3n) is 2.67. The van der Waals surface area contributed by atoms with Gasteiger partial charge in [-0.15, -0.1) is 0 Å². The molecule has 0 spiro atoms. The lowest BCUT2D eigenvalue weighted by molar-refractivity contribution is -0.122. The van der Waals surface area contributed by atoms with Crippen LogP contribution in [0.4, 0.5) is 4.39 Å². The summed E-state index contributed by atoms with van der Waals surface area (Å²) >= 11 is 12.2. The van der Waals surface area contributed by atoms with E-state index in [2.05, 4.69) is 0 Å². The van der Waals surface area contributed by atoms with Crippen molar-refractivity contribution in [2.45, 2.75) is 0 Å². The van der Waals surface area contributed by atoms with Gasteiger partial charge >= 0.3 is 0 Å². The lowest BCUT2D eigenvalue weighted by atomic mass is 10.2. The topological polar surface area (TPSA) is 29.5 Å². The minimum absolute atomic E-state index is 0.196. The standard InChI is InChI=1S/C13H11ClFNO2S2/c1-18-6-5-16-12(17)11(20-13(16)19)7-8-9(14)3-2-4-10(8)15/h2-4,7H,5-6H2,1H3. The molecule has 1 amide bonds. The van der Waals surface area contributed by atoms with Crippen LogP contribution in [0.2, 0.25) is 5.02 Å². The smallest absolute Gasteiger partial charge is 0.266 e. The molecule has 1 aromatic rings. The Morgan fingerprint density at radius 2 is 2.30 bits per heavy atom. The molecule has 1 aliphatic rings. The van der Waals surface area contributed by atoms with E-state index in [1.54, 1.807) is 13.2 Å². The van der Waals surface area contributed by atoms with Gasteiger partial charge in [0, 0.05) is 12.7 Å². The average molecular weight is 332 g/mol. The molecule has 106 valence electrons. The van der Waals surface area contributed by atoms with E-state index in [9.17, 15) is 9.18 Å². The van der Waals surface area contributed by atoms with Crippen LogP contribution in [0.5, 0.6) is 0 Å². The Balaban J connectivity index is 2.28. The summed E-state index contributed by atoms with van der Waals surface area (Å²) in [6, 6.07) is 4.38. The van der Waals surface area contributed by atoms with Gasteiger partial charge in [-0.3, -0.25) is 9.69 Å². The number of rotatable bonds is 4. The van der Waals surface area contributed by atoms with E-state index in [0.29, 0.717) is 22.4 Å². The zero-order valence-electron chi connectivity index (χ0n) is 10.6. The van der Waals surface area contributed by atoms with Crippen LogP contribution in [0.15, 0.2) is 23.1 Å². The van der Waals surface area contributed by atoms with Crippen LogP contribution in [-0.2, 0) is 9.53 Å². The molecule has 1 heterocycles. The number of nitrogens with zero attached hydrogens (tertiary/aromatic N) is 1. The lowest BCUT2D eigenvalue weighted by Gasteiger charge is -2.12. The van der Waals surface area contributed by atoms with Gasteiger partial charge in [0.1, 0.15) is 10.1 Å². The van der Waals surface area contributed by atoms with Crippen LogP contribution in [0.1, 0.15) is 5.56 Å². The molecule has 0 saturated carbocycles. The van der Waals surface area contributed by atoms with Crippen LogP contribution in [-0.4, -0.2) is 35.4 Å². The molecule has 7 heteroatoms. The Hall–Kier alpha value is -0.950. The minimum Gasteiger partial charge on any atom is -0.383 e. The highest BCUT2D eigenvalue weighted by atomic mass is 35.5. The Morgan fingerprint density at radius 1 is 1.55 bits per heavy atom. The third kappa shape index (κ3) is 3.20. The predicted molar refractivity (Wildman–Crippen MR) is 83.2 cm³/mol. The number of methoxy groups -OCH3 is 1. The van der Waals surface area contributed by atoms with Gasteiger partial charge in [-0.2, -0.15) is 0 Å². The fraction of sp³-hybridized carbons (Fsp3) is 0.231. The second kappa shape index (κ2) is 6.67. The zero-order chi connectivity index (χ0) is 14.7. The SMILES string of the molecule is COCCN1C(=O)C(=Cc2c(F)cccc2Cl)SC1=S. The van der Waals surface area contributed by atoms with Crippen molar-refractivity contribution in [1.82, 2.24) is 4.90 Å². The second-order valence-corrected chi connectivity index (χ2v) is 6.04. The number of benzene rings is 1. The average Bonchev–Trinajstić information content (AvgIpc) is 2.67. The summed E-state index contributed by atoms with van der Waals surface area (Å²) in [6.07, 6.45) is 1.43. The van der Waals surface area contributed by atoms with Crippen LogP contribution in [0.25, 0.3) is 6.08 Å². The Labute approximate surface area is 130 Å². The van der Waals surface area contributed by atoms with E-state index < -0.39 is 5.82 Å². The van der Waals surface area contributed by atoms with Crippen molar-refractivity contribution in [3.63, 3.8) is 0 Å². The number of hydrogen-bond donors (Lipinski definition) is 0. The predicted octanol–water partition coefficient (Wildman–Crippen LogP) is 3.33. The molecule has 1 saturated heterocycles. The third-order valence-corrected chi connectivity index (χ3v) is 4.38. The molecular weight excluding hydrogens is 321 g/mol. The van der Waals surface area contributed by atoms with E-state index in [1.807, 2.05) is 0 Å². The molecule has 1 aromatic carbocycles. The van der Waals surface area contributed by atoms with Crippen molar-refractivity contribution in [2.24, 2.45) is 0 Å². The van der Waals surface area contributed by atoms with E-state index in [1.165, 1.54) is 23.1 Å². The van der Waals surface area contributed by atoms with Gasteiger partial charge in [0.15, 0.2) is 0 Å². The number of hydrogen-bond acceptors (Lipinski definition) is 4. The maximum atomic E-state index is 13.7. The van der Waals surface area contributed by atoms with Crippen molar-refractivity contribution in [1.29, 1.82) is 0 Å². The molecule has 1 aliphatic heterocycles. The molecule has 0 aromatic heterocycles. The molecular formula is C13H11ClFNO2S2. The maximum Gasteiger partial charge on any atom is 0.266 e. The zero-order valence-corrected chi connectivity index (χ0v) is 12.9. The highest BCUT2D eigenvalue weighted by molar-refractivity contribution is 8.26. The maximum absolute atomic E-state index is 13.7. The van der Waals surface area contributed by atoms with Gasteiger partial charge in [-0.25, -0.2) is 4.39 Å². The number of halogens is 2. The van der Waals surface area contributed by atoms with E-state index in [0.717, 1.165) is 11.8 Å². The van der Waals surface area contributed by atoms with E-state index >= 15 is 0 Å². The summed E-state index contributed by atoms with van der Waals surface area (Å²) in [6.45, 7) is 0.768. The molecule has 0 aliphatic carbocycles. The lowest BCUT2D eigenvalue weighted by Crippen LogP contribution is -2.31. The summed E-state index contributed by atoms with van der Waals surface area (Å²) in [7, 11) is 1.55. The number of carbonyl (C=O) groups excluding carboxylic acids is 1. The fourth-order valence-corrected chi connectivity index (χ4v) is 3.16. The molecule has 0 bridgehead atoms. The number of carbonyl (C=O) groups is 1. The van der Waals surface area contributed by atoms with Crippen molar-refractivity contribution in [3.05, 3.63) is 39.5 Å². The van der Waals surface area contributed by atoms with Crippen molar-refractivity contribution in [3.8, 4) is 0 Å². The van der Waals surface area contributed by atoms with Gasteiger partial charge in [-0.1, -0.05) is 41.6 Å². The first-order valence-electron chi connectivity index (χ1n) is 5.73. The first-order valence-corrected chi connectivity index (χ1v) is 7.33.